The lowest BCUT2D eigenvalue weighted by Crippen LogP contribution is -2.46. The average Bonchev–Trinajstić information content (AvgIpc) is 2.81. The first-order valence-electron chi connectivity index (χ1n) is 11.2. The van der Waals surface area contributed by atoms with Gasteiger partial charge in [-0.05, 0) is 73.7 Å². The van der Waals surface area contributed by atoms with E-state index in [1.54, 1.807) is 44.4 Å². The van der Waals surface area contributed by atoms with Gasteiger partial charge in [-0.3, -0.25) is 9.78 Å². The number of alkyl halides is 3. The van der Waals surface area contributed by atoms with Crippen LogP contribution in [0.1, 0.15) is 43.4 Å². The van der Waals surface area contributed by atoms with E-state index in [2.05, 4.69) is 4.98 Å². The lowest BCUT2D eigenvalue weighted by molar-refractivity contribution is -0.140. The van der Waals surface area contributed by atoms with Crippen LogP contribution < -0.4 is 0 Å². The van der Waals surface area contributed by atoms with Crippen molar-refractivity contribution in [1.29, 1.82) is 0 Å². The second-order valence-electron chi connectivity index (χ2n) is 8.90. The Kier molecular flexibility index (Phi) is 7.90. The number of aryl methyl sites for hydroxylation is 1. The molecule has 0 amide bonds. The van der Waals surface area contributed by atoms with Crippen LogP contribution in [0, 0.1) is 6.92 Å². The van der Waals surface area contributed by atoms with Crippen molar-refractivity contribution in [2.45, 2.75) is 50.2 Å². The summed E-state index contributed by atoms with van der Waals surface area (Å²) in [6.45, 7) is 4.79. The van der Waals surface area contributed by atoms with Crippen molar-refractivity contribution in [3.63, 3.8) is 0 Å². The maximum atomic E-state index is 13.8. The average molecular weight is 521 g/mol. The Morgan fingerprint density at radius 3 is 2.39 bits per heavy atom. The molecule has 10 heteroatoms. The maximum absolute atomic E-state index is 13.8. The zero-order valence-corrected chi connectivity index (χ0v) is 20.9. The highest BCUT2D eigenvalue weighted by Gasteiger charge is 2.43. The van der Waals surface area contributed by atoms with E-state index >= 15 is 0 Å². The second-order valence-corrected chi connectivity index (χ2v) is 10.7. The second kappa shape index (κ2) is 10.4. The van der Waals surface area contributed by atoms with Crippen molar-refractivity contribution in [1.82, 2.24) is 9.29 Å². The van der Waals surface area contributed by atoms with Crippen molar-refractivity contribution in [3.05, 3.63) is 83.7 Å². The topological polar surface area (TPSA) is 87.6 Å². The van der Waals surface area contributed by atoms with E-state index in [1.807, 2.05) is 19.1 Å². The smallest absolute Gasteiger partial charge is 0.417 e. The van der Waals surface area contributed by atoms with Crippen LogP contribution in [0.25, 0.3) is 11.1 Å². The number of sulfonamides is 1. The van der Waals surface area contributed by atoms with E-state index in [9.17, 15) is 26.4 Å². The van der Waals surface area contributed by atoms with Crippen LogP contribution in [0.4, 0.5) is 13.2 Å². The van der Waals surface area contributed by atoms with Crippen LogP contribution in [0.5, 0.6) is 0 Å². The molecule has 6 nitrogen and oxygen atoms in total. The van der Waals surface area contributed by atoms with Crippen molar-refractivity contribution in [3.8, 4) is 11.1 Å². The molecule has 0 aliphatic rings. The van der Waals surface area contributed by atoms with Gasteiger partial charge in [0, 0.05) is 25.4 Å². The van der Waals surface area contributed by atoms with Crippen LogP contribution in [0.3, 0.4) is 0 Å². The Morgan fingerprint density at radius 2 is 1.75 bits per heavy atom. The SMILES string of the molecule is Cc1cnccc1-c1cccc(C(C)(C)N(CCCC(=O)O)S(=O)(=O)c2ccccc2C(F)(F)F)c1. The van der Waals surface area contributed by atoms with Gasteiger partial charge < -0.3 is 5.11 Å². The summed E-state index contributed by atoms with van der Waals surface area (Å²) in [5, 5.41) is 9.08. The predicted octanol–water partition coefficient (Wildman–Crippen LogP) is 5.87. The minimum Gasteiger partial charge on any atom is -0.481 e. The quantitative estimate of drug-likeness (QED) is 0.382. The molecular weight excluding hydrogens is 493 g/mol. The summed E-state index contributed by atoms with van der Waals surface area (Å²) < 4.78 is 69.7. The molecular formula is C26H27F3N2O4S. The molecule has 0 bridgehead atoms. The third kappa shape index (κ3) is 5.76. The minimum absolute atomic E-state index is 0.0741. The summed E-state index contributed by atoms with van der Waals surface area (Å²) in [4.78, 5) is 14.3. The first-order valence-corrected chi connectivity index (χ1v) is 12.6. The molecule has 3 rings (SSSR count). The van der Waals surface area contributed by atoms with E-state index in [0.29, 0.717) is 5.56 Å². The van der Waals surface area contributed by atoms with Gasteiger partial charge in [-0.15, -0.1) is 0 Å². The third-order valence-corrected chi connectivity index (χ3v) is 8.17. The number of carbonyl (C=O) groups is 1. The van der Waals surface area contributed by atoms with E-state index in [1.165, 1.54) is 6.07 Å². The molecule has 192 valence electrons. The minimum atomic E-state index is -4.89. The number of hydrogen-bond donors (Lipinski definition) is 1. The lowest BCUT2D eigenvalue weighted by Gasteiger charge is -2.38. The highest BCUT2D eigenvalue weighted by Crippen LogP contribution is 2.40. The largest absolute Gasteiger partial charge is 0.481 e. The number of nitrogens with zero attached hydrogens (tertiary/aromatic N) is 2. The lowest BCUT2D eigenvalue weighted by atomic mass is 9.90. The molecule has 1 N–H and O–H groups in total. The van der Waals surface area contributed by atoms with Crippen LogP contribution in [-0.2, 0) is 26.5 Å². The van der Waals surface area contributed by atoms with Gasteiger partial charge in [0.2, 0.25) is 10.0 Å². The number of aromatic nitrogens is 1. The Labute approximate surface area is 208 Å². The number of hydrogen-bond acceptors (Lipinski definition) is 4. The number of aliphatic carboxylic acids is 1. The fourth-order valence-corrected chi connectivity index (χ4v) is 6.15. The van der Waals surface area contributed by atoms with E-state index in [-0.39, 0.29) is 19.4 Å². The molecule has 0 aliphatic carbocycles. The van der Waals surface area contributed by atoms with Gasteiger partial charge in [0.15, 0.2) is 0 Å². The number of carboxylic acid groups (broad SMARTS) is 1. The molecule has 0 atom stereocenters. The van der Waals surface area contributed by atoms with Crippen LogP contribution in [0.15, 0.2) is 71.9 Å². The molecule has 0 fully saturated rings. The number of halogens is 3. The van der Waals surface area contributed by atoms with Gasteiger partial charge in [0.1, 0.15) is 0 Å². The third-order valence-electron chi connectivity index (χ3n) is 6.04. The molecule has 3 aromatic rings. The van der Waals surface area contributed by atoms with Gasteiger partial charge >= 0.3 is 12.1 Å². The number of carboxylic acids is 1. The highest BCUT2D eigenvalue weighted by atomic mass is 32.2. The fraction of sp³-hybridized carbons (Fsp3) is 0.308. The Balaban J connectivity index is 2.15. The van der Waals surface area contributed by atoms with Gasteiger partial charge in [0.05, 0.1) is 16.0 Å². The highest BCUT2D eigenvalue weighted by molar-refractivity contribution is 7.89. The van der Waals surface area contributed by atoms with E-state index in [0.717, 1.165) is 39.2 Å². The molecule has 0 unspecified atom stereocenters. The molecule has 2 aromatic carbocycles. The predicted molar refractivity (Wildman–Crippen MR) is 130 cm³/mol. The summed E-state index contributed by atoms with van der Waals surface area (Å²) in [6.07, 6.45) is -1.96. The van der Waals surface area contributed by atoms with Crippen LogP contribution >= 0.6 is 0 Å². The summed E-state index contributed by atoms with van der Waals surface area (Å²) >= 11 is 0. The zero-order chi connectivity index (χ0) is 26.7. The summed E-state index contributed by atoms with van der Waals surface area (Å²) in [7, 11) is -4.69. The van der Waals surface area contributed by atoms with Crippen LogP contribution in [-0.4, -0.2) is 35.3 Å². The van der Waals surface area contributed by atoms with Crippen molar-refractivity contribution >= 4 is 16.0 Å². The number of rotatable bonds is 9. The molecule has 1 heterocycles. The molecule has 0 spiro atoms. The van der Waals surface area contributed by atoms with Crippen molar-refractivity contribution < 1.29 is 31.5 Å². The maximum Gasteiger partial charge on any atom is 0.417 e. The fourth-order valence-electron chi connectivity index (χ4n) is 4.13. The standard InChI is InChI=1S/C26H27F3N2O4S/c1-18-17-30-14-13-21(18)19-8-6-9-20(16-19)25(2,3)31(15-7-12-24(32)33)36(34,35)23-11-5-4-10-22(23)26(27,28)29/h4-6,8-11,13-14,16-17H,7,12,15H2,1-3H3,(H,32,33). The Bertz CT molecular complexity index is 1360. The van der Waals surface area contributed by atoms with Gasteiger partial charge in [-0.1, -0.05) is 30.3 Å². The number of benzene rings is 2. The Hall–Kier alpha value is -3.24. The van der Waals surface area contributed by atoms with Gasteiger partial charge in [-0.25, -0.2) is 8.42 Å². The van der Waals surface area contributed by atoms with E-state index in [4.69, 9.17) is 5.11 Å². The van der Waals surface area contributed by atoms with E-state index < -0.39 is 38.2 Å². The first-order chi connectivity index (χ1) is 16.8. The molecule has 0 aliphatic heterocycles. The molecule has 1 aromatic heterocycles. The zero-order valence-electron chi connectivity index (χ0n) is 20.1. The van der Waals surface area contributed by atoms with Crippen molar-refractivity contribution in [2.24, 2.45) is 0 Å². The summed E-state index contributed by atoms with van der Waals surface area (Å²) in [5.41, 5.74) is 0.527. The molecule has 0 radical (unpaired) electrons. The normalized spacial score (nSPS) is 12.6. The van der Waals surface area contributed by atoms with Crippen molar-refractivity contribution in [2.75, 3.05) is 6.54 Å². The summed E-state index contributed by atoms with van der Waals surface area (Å²) in [6, 6.07) is 12.9. The monoisotopic (exact) mass is 520 g/mol. The van der Waals surface area contributed by atoms with Crippen LogP contribution in [0.2, 0.25) is 0 Å². The molecule has 36 heavy (non-hydrogen) atoms. The first kappa shape index (κ1) is 27.3. The molecule has 0 saturated carbocycles. The number of pyridine rings is 1. The van der Waals surface area contributed by atoms with Gasteiger partial charge in [-0.2, -0.15) is 17.5 Å². The summed E-state index contributed by atoms with van der Waals surface area (Å²) in [5.74, 6) is -1.13. The van der Waals surface area contributed by atoms with Gasteiger partial charge in [0.25, 0.3) is 0 Å². The Morgan fingerprint density at radius 1 is 1.06 bits per heavy atom. The molecule has 0 saturated heterocycles.